The minimum Gasteiger partial charge on any atom is -0.302 e. The van der Waals surface area contributed by atoms with Gasteiger partial charge in [-0.15, -0.1) is 0 Å². The Labute approximate surface area is 41.2 Å². The second kappa shape index (κ2) is 0.413. The maximum absolute atomic E-state index is 2.25. The molecule has 2 bridgehead atoms. The SMILES string of the molecule is c1cc2c3c(c1)N23. The normalized spacial score (nSPS) is 16.3. The molecule has 0 fully saturated rings. The van der Waals surface area contributed by atoms with E-state index in [1.807, 2.05) is 0 Å². The second-order valence-electron chi connectivity index (χ2n) is 1.98. The molecule has 0 radical (unpaired) electrons. The summed E-state index contributed by atoms with van der Waals surface area (Å²) in [4.78, 5) is 2.25. The van der Waals surface area contributed by atoms with Crippen LogP contribution in [-0.2, 0) is 0 Å². The molecule has 0 amide bonds. The van der Waals surface area contributed by atoms with E-state index in [2.05, 4.69) is 23.1 Å². The monoisotopic (exact) mass is 89.0 g/mol. The van der Waals surface area contributed by atoms with Crippen LogP contribution in [0.3, 0.4) is 0 Å². The third-order valence-corrected chi connectivity index (χ3v) is 1.60. The number of hydrogen-bond donors (Lipinski definition) is 0. The topological polar surface area (TPSA) is 3.01 Å². The summed E-state index contributed by atoms with van der Waals surface area (Å²) >= 11 is 0. The lowest BCUT2D eigenvalue weighted by Crippen LogP contribution is -1.71. The average molecular weight is 89.1 g/mol. The van der Waals surface area contributed by atoms with Crippen LogP contribution >= 0.6 is 0 Å². The van der Waals surface area contributed by atoms with Gasteiger partial charge in [0.25, 0.3) is 0 Å². The zero-order chi connectivity index (χ0) is 4.43. The van der Waals surface area contributed by atoms with Crippen molar-refractivity contribution in [1.29, 1.82) is 0 Å². The second-order valence-corrected chi connectivity index (χ2v) is 1.98. The Bertz CT molecular complexity index is 221. The average Bonchev–Trinajstić information content (AvgIpc) is 2.53. The smallest absolute Gasteiger partial charge is 0.0948 e. The Morgan fingerprint density at radius 2 is 1.71 bits per heavy atom. The standard InChI is InChI=1S/C6H3N/c1-2-4-6-5(3-1)7(4)6/h1-3H. The number of hydrogen-bond acceptors (Lipinski definition) is 1. The van der Waals surface area contributed by atoms with Gasteiger partial charge in [-0.05, 0) is 12.1 Å². The summed E-state index contributed by atoms with van der Waals surface area (Å²) in [6, 6.07) is 6.38. The van der Waals surface area contributed by atoms with Crippen molar-refractivity contribution >= 4 is 17.1 Å². The highest BCUT2D eigenvalue weighted by Crippen LogP contribution is 2.73. The maximum atomic E-state index is 2.25. The fraction of sp³-hybridized carbons (Fsp3) is 0. The van der Waals surface area contributed by atoms with E-state index in [1.54, 1.807) is 0 Å². The Balaban J connectivity index is 2.69. The molecule has 0 unspecified atom stereocenters. The quantitative estimate of drug-likeness (QED) is 0.379. The van der Waals surface area contributed by atoms with Crippen LogP contribution in [0, 0.1) is 0 Å². The summed E-state index contributed by atoms with van der Waals surface area (Å²) < 4.78 is 0. The third kappa shape index (κ3) is 0.104. The highest BCUT2D eigenvalue weighted by atomic mass is 15.4. The number of para-hydroxylation sites is 1. The first kappa shape index (κ1) is 2.36. The molecule has 0 aliphatic carbocycles. The van der Waals surface area contributed by atoms with Gasteiger partial charge in [0.05, 0.1) is 17.1 Å². The van der Waals surface area contributed by atoms with E-state index in [0.717, 1.165) is 0 Å². The molecule has 0 N–H and O–H groups in total. The fourth-order valence-corrected chi connectivity index (χ4v) is 1.10. The van der Waals surface area contributed by atoms with Crippen LogP contribution in [0.4, 0.5) is 17.1 Å². The molecule has 1 aromatic carbocycles. The van der Waals surface area contributed by atoms with Gasteiger partial charge in [0, 0.05) is 0 Å². The lowest BCUT2D eigenvalue weighted by atomic mass is 10.3. The van der Waals surface area contributed by atoms with Crippen LogP contribution in [0.2, 0.25) is 0 Å². The van der Waals surface area contributed by atoms with Crippen molar-refractivity contribution in [1.82, 2.24) is 0 Å². The maximum Gasteiger partial charge on any atom is 0.0948 e. The Morgan fingerprint density at radius 3 is 2.00 bits per heavy atom. The van der Waals surface area contributed by atoms with Crippen molar-refractivity contribution in [3.8, 4) is 0 Å². The number of fused-ring (bicyclic) bond motifs is 2. The lowest BCUT2D eigenvalue weighted by Gasteiger charge is -1.86. The first-order chi connectivity index (χ1) is 3.48. The van der Waals surface area contributed by atoms with Crippen molar-refractivity contribution in [3.05, 3.63) is 18.2 Å². The van der Waals surface area contributed by atoms with Crippen molar-refractivity contribution in [2.45, 2.75) is 0 Å². The summed E-state index contributed by atoms with van der Waals surface area (Å²) in [5, 5.41) is 0. The highest BCUT2D eigenvalue weighted by molar-refractivity contribution is 6.24. The van der Waals surface area contributed by atoms with Gasteiger partial charge in [-0.2, -0.15) is 0 Å². The Morgan fingerprint density at radius 1 is 1.14 bits per heavy atom. The number of nitrogens with zero attached hydrogens (tertiary/aromatic N) is 1. The molecule has 3 aliphatic heterocycles. The molecule has 1 aromatic rings. The van der Waals surface area contributed by atoms with Crippen LogP contribution in [-0.4, -0.2) is 0 Å². The van der Waals surface area contributed by atoms with Gasteiger partial charge in [0.1, 0.15) is 0 Å². The van der Waals surface area contributed by atoms with Gasteiger partial charge in [0.15, 0.2) is 0 Å². The molecule has 0 aromatic heterocycles. The van der Waals surface area contributed by atoms with Crippen LogP contribution in [0.25, 0.3) is 0 Å². The molecule has 0 spiro atoms. The molecule has 0 saturated carbocycles. The molecule has 0 saturated heterocycles. The summed E-state index contributed by atoms with van der Waals surface area (Å²) in [5.74, 6) is 0. The largest absolute Gasteiger partial charge is 0.302 e. The van der Waals surface area contributed by atoms with Crippen molar-refractivity contribution in [3.63, 3.8) is 0 Å². The van der Waals surface area contributed by atoms with Gasteiger partial charge < -0.3 is 4.90 Å². The summed E-state index contributed by atoms with van der Waals surface area (Å²) in [7, 11) is 0. The van der Waals surface area contributed by atoms with Crippen LogP contribution in [0.5, 0.6) is 0 Å². The number of anilines is 3. The summed E-state index contributed by atoms with van der Waals surface area (Å²) in [6.07, 6.45) is 0. The Hall–Kier alpha value is -0.980. The molecule has 3 heterocycles. The van der Waals surface area contributed by atoms with E-state index in [4.69, 9.17) is 0 Å². The van der Waals surface area contributed by atoms with Crippen molar-refractivity contribution in [2.24, 2.45) is 0 Å². The van der Waals surface area contributed by atoms with E-state index < -0.39 is 0 Å². The summed E-state index contributed by atoms with van der Waals surface area (Å²) in [6.45, 7) is 0. The van der Waals surface area contributed by atoms with Gasteiger partial charge >= 0.3 is 0 Å². The van der Waals surface area contributed by atoms with Gasteiger partial charge in [-0.25, -0.2) is 0 Å². The number of rotatable bonds is 0. The Kier molecular flexibility index (Phi) is 0.139. The van der Waals surface area contributed by atoms with E-state index in [-0.39, 0.29) is 0 Å². The predicted molar refractivity (Wildman–Crippen MR) is 28.2 cm³/mol. The zero-order valence-electron chi connectivity index (χ0n) is 3.68. The highest BCUT2D eigenvalue weighted by Gasteiger charge is 2.49. The van der Waals surface area contributed by atoms with E-state index >= 15 is 0 Å². The predicted octanol–water partition coefficient (Wildman–Crippen LogP) is 1.78. The van der Waals surface area contributed by atoms with Crippen molar-refractivity contribution in [2.75, 3.05) is 4.90 Å². The molecule has 4 rings (SSSR count). The molecule has 0 atom stereocenters. The molecular formula is C6H3N. The van der Waals surface area contributed by atoms with E-state index in [0.29, 0.717) is 0 Å². The zero-order valence-corrected chi connectivity index (χ0v) is 3.68. The first-order valence-electron chi connectivity index (χ1n) is 2.41. The van der Waals surface area contributed by atoms with Crippen LogP contribution in [0.1, 0.15) is 0 Å². The molecule has 3 aliphatic rings. The third-order valence-electron chi connectivity index (χ3n) is 1.60. The molecule has 1 nitrogen and oxygen atoms in total. The van der Waals surface area contributed by atoms with Gasteiger partial charge in [-0.3, -0.25) is 0 Å². The number of benzene rings is 1. The fourth-order valence-electron chi connectivity index (χ4n) is 1.10. The minimum atomic E-state index is 1.44. The molecule has 32 valence electrons. The van der Waals surface area contributed by atoms with E-state index in [9.17, 15) is 0 Å². The van der Waals surface area contributed by atoms with Crippen LogP contribution in [0.15, 0.2) is 18.2 Å². The summed E-state index contributed by atoms with van der Waals surface area (Å²) in [5.41, 5.74) is 4.37. The molecule has 1 heteroatoms. The van der Waals surface area contributed by atoms with Gasteiger partial charge in [0.2, 0.25) is 0 Å². The van der Waals surface area contributed by atoms with Crippen molar-refractivity contribution < 1.29 is 0 Å². The minimum absolute atomic E-state index is 1.44. The lowest BCUT2D eigenvalue weighted by molar-refractivity contribution is 1.64. The molecular weight excluding hydrogens is 86.1 g/mol. The molecule has 7 heavy (non-hydrogen) atoms. The first-order valence-corrected chi connectivity index (χ1v) is 2.41. The van der Waals surface area contributed by atoms with Gasteiger partial charge in [-0.1, -0.05) is 6.07 Å². The van der Waals surface area contributed by atoms with E-state index in [1.165, 1.54) is 17.1 Å². The van der Waals surface area contributed by atoms with Crippen LogP contribution < -0.4 is 4.90 Å².